The first-order valence-corrected chi connectivity index (χ1v) is 16.4. The van der Waals surface area contributed by atoms with Crippen molar-refractivity contribution in [3.63, 3.8) is 0 Å². The second kappa shape index (κ2) is 22.9. The Bertz CT molecular complexity index is 774. The summed E-state index contributed by atoms with van der Waals surface area (Å²) in [5.41, 5.74) is 3.15. The average molecular weight is 549 g/mol. The molecule has 2 N–H and O–H groups in total. The van der Waals surface area contributed by atoms with Crippen LogP contribution in [0.5, 0.6) is 17.2 Å². The lowest BCUT2D eigenvalue weighted by Gasteiger charge is -2.24. The minimum atomic E-state index is -1.41. The fourth-order valence-electron chi connectivity index (χ4n) is 5.46. The number of carbonyl (C=O) groups is 1. The van der Waals surface area contributed by atoms with Gasteiger partial charge in [-0.15, -0.1) is 0 Å². The maximum Gasteiger partial charge on any atom is 0.511 e. The third-order valence-electron chi connectivity index (χ3n) is 7.69. The summed E-state index contributed by atoms with van der Waals surface area (Å²) in [5.74, 6) is 0.437. The molecule has 0 heterocycles. The number of ether oxygens (including phenoxy) is 2. The van der Waals surface area contributed by atoms with E-state index in [0.717, 1.165) is 68.9 Å². The van der Waals surface area contributed by atoms with Crippen LogP contribution in [0.3, 0.4) is 0 Å². The van der Waals surface area contributed by atoms with E-state index in [4.69, 9.17) is 9.47 Å². The third-order valence-corrected chi connectivity index (χ3v) is 7.69. The number of unbranched alkanes of at least 4 members (excludes halogenated alkanes) is 15. The summed E-state index contributed by atoms with van der Waals surface area (Å²) < 4.78 is 11.4. The van der Waals surface area contributed by atoms with Gasteiger partial charge in [-0.2, -0.15) is 0 Å². The highest BCUT2D eigenvalue weighted by Gasteiger charge is 2.27. The predicted octanol–water partition coefficient (Wildman–Crippen LogP) is 10.9. The summed E-state index contributed by atoms with van der Waals surface area (Å²) in [6.07, 6.45) is 23.3. The van der Waals surface area contributed by atoms with E-state index in [1.165, 1.54) is 89.0 Å². The van der Waals surface area contributed by atoms with Crippen LogP contribution in [0.4, 0.5) is 4.79 Å². The molecule has 0 spiro atoms. The highest BCUT2D eigenvalue weighted by atomic mass is 16.7. The van der Waals surface area contributed by atoms with Gasteiger partial charge < -0.3 is 19.7 Å². The van der Waals surface area contributed by atoms with Crippen LogP contribution >= 0.6 is 0 Å². The van der Waals surface area contributed by atoms with Crippen molar-refractivity contribution >= 4 is 6.16 Å². The van der Waals surface area contributed by atoms with Gasteiger partial charge in [0.1, 0.15) is 0 Å². The van der Waals surface area contributed by atoms with E-state index in [0.29, 0.717) is 12.4 Å². The molecule has 0 atom stereocenters. The Kier molecular flexibility index (Phi) is 20.6. The Morgan fingerprint density at radius 1 is 0.538 bits per heavy atom. The minimum Gasteiger partial charge on any atom is -0.504 e. The van der Waals surface area contributed by atoms with Gasteiger partial charge in [-0.05, 0) is 50.5 Å². The summed E-state index contributed by atoms with van der Waals surface area (Å²) in [6, 6.07) is 0. The quantitative estimate of drug-likeness (QED) is 0.0722. The lowest BCUT2D eigenvalue weighted by Crippen LogP contribution is -2.12. The molecule has 0 aliphatic carbocycles. The Morgan fingerprint density at radius 2 is 0.949 bits per heavy atom. The SMILES string of the molecule is CCCCCCCCc1c(O)c(OC(=O)O)c(OCCC)c(CCCCCCCC)c1CCCCCCCC. The van der Waals surface area contributed by atoms with Crippen molar-refractivity contribution < 1.29 is 24.5 Å². The number of rotatable bonds is 25. The Morgan fingerprint density at radius 3 is 1.38 bits per heavy atom. The second-order valence-electron chi connectivity index (χ2n) is 11.2. The first kappa shape index (κ1) is 35.1. The number of phenols is 1. The fraction of sp³-hybridized carbons (Fsp3) is 0.794. The van der Waals surface area contributed by atoms with Crippen molar-refractivity contribution in [2.24, 2.45) is 0 Å². The molecule has 0 amide bonds. The highest BCUT2D eigenvalue weighted by Crippen LogP contribution is 2.47. The number of aromatic hydroxyl groups is 1. The van der Waals surface area contributed by atoms with Gasteiger partial charge >= 0.3 is 6.16 Å². The van der Waals surface area contributed by atoms with Gasteiger partial charge in [-0.25, -0.2) is 4.79 Å². The Balaban J connectivity index is 3.35. The summed E-state index contributed by atoms with van der Waals surface area (Å²) in [5, 5.41) is 21.0. The van der Waals surface area contributed by atoms with Crippen LogP contribution in [0, 0.1) is 0 Å². The molecule has 0 aromatic heterocycles. The maximum atomic E-state index is 11.7. The lowest BCUT2D eigenvalue weighted by atomic mass is 9.88. The molecular weight excluding hydrogens is 488 g/mol. The molecular formula is C34H60O5. The molecule has 1 rings (SSSR count). The van der Waals surface area contributed by atoms with Crippen LogP contribution in [-0.4, -0.2) is 23.0 Å². The highest BCUT2D eigenvalue weighted by molar-refractivity contribution is 5.70. The van der Waals surface area contributed by atoms with Crippen molar-refractivity contribution in [3.05, 3.63) is 16.7 Å². The zero-order chi connectivity index (χ0) is 28.7. The largest absolute Gasteiger partial charge is 0.511 e. The molecule has 0 aliphatic rings. The monoisotopic (exact) mass is 548 g/mol. The van der Waals surface area contributed by atoms with Gasteiger partial charge in [0.15, 0.2) is 11.5 Å². The van der Waals surface area contributed by atoms with Gasteiger partial charge in [-0.3, -0.25) is 0 Å². The number of carboxylic acid groups (broad SMARTS) is 1. The molecule has 0 unspecified atom stereocenters. The van der Waals surface area contributed by atoms with Gasteiger partial charge in [0, 0.05) is 11.1 Å². The van der Waals surface area contributed by atoms with Crippen LogP contribution < -0.4 is 9.47 Å². The lowest BCUT2D eigenvalue weighted by molar-refractivity contribution is 0.140. The molecule has 0 fully saturated rings. The maximum absolute atomic E-state index is 11.7. The van der Waals surface area contributed by atoms with Crippen molar-refractivity contribution in [1.29, 1.82) is 0 Å². The normalized spacial score (nSPS) is 11.2. The Hall–Kier alpha value is -1.91. The summed E-state index contributed by atoms with van der Waals surface area (Å²) in [4.78, 5) is 11.7. The van der Waals surface area contributed by atoms with E-state index in [1.54, 1.807) is 0 Å². The van der Waals surface area contributed by atoms with E-state index in [-0.39, 0.29) is 11.5 Å². The molecule has 1 aromatic carbocycles. The first-order valence-electron chi connectivity index (χ1n) is 16.4. The molecule has 0 radical (unpaired) electrons. The molecule has 0 saturated carbocycles. The van der Waals surface area contributed by atoms with E-state index in [2.05, 4.69) is 20.8 Å². The van der Waals surface area contributed by atoms with Gasteiger partial charge in [0.25, 0.3) is 0 Å². The number of hydrogen-bond donors (Lipinski definition) is 2. The van der Waals surface area contributed by atoms with Crippen molar-refractivity contribution in [1.82, 2.24) is 0 Å². The van der Waals surface area contributed by atoms with Crippen LogP contribution in [0.1, 0.15) is 166 Å². The molecule has 0 saturated heterocycles. The van der Waals surface area contributed by atoms with E-state index >= 15 is 0 Å². The van der Waals surface area contributed by atoms with Crippen LogP contribution in [-0.2, 0) is 19.3 Å². The predicted molar refractivity (Wildman–Crippen MR) is 164 cm³/mol. The molecule has 0 bridgehead atoms. The molecule has 39 heavy (non-hydrogen) atoms. The fourth-order valence-corrected chi connectivity index (χ4v) is 5.46. The van der Waals surface area contributed by atoms with Crippen LogP contribution in [0.2, 0.25) is 0 Å². The van der Waals surface area contributed by atoms with Gasteiger partial charge in [0.2, 0.25) is 5.75 Å². The van der Waals surface area contributed by atoms with Crippen LogP contribution in [0.25, 0.3) is 0 Å². The molecule has 5 heteroatoms. The average Bonchev–Trinajstić information content (AvgIpc) is 2.92. The van der Waals surface area contributed by atoms with E-state index in [9.17, 15) is 15.0 Å². The van der Waals surface area contributed by atoms with Gasteiger partial charge in [0.05, 0.1) is 6.61 Å². The molecule has 226 valence electrons. The number of benzene rings is 1. The van der Waals surface area contributed by atoms with Crippen molar-refractivity contribution in [3.8, 4) is 17.2 Å². The minimum absolute atomic E-state index is 0.00427. The first-order chi connectivity index (χ1) is 19.0. The summed E-state index contributed by atoms with van der Waals surface area (Å²) >= 11 is 0. The van der Waals surface area contributed by atoms with Crippen LogP contribution in [0.15, 0.2) is 0 Å². The van der Waals surface area contributed by atoms with Crippen molar-refractivity contribution in [2.75, 3.05) is 6.61 Å². The smallest absolute Gasteiger partial charge is 0.504 e. The Labute approximate surface area is 240 Å². The van der Waals surface area contributed by atoms with Gasteiger partial charge in [-0.1, -0.05) is 124 Å². The number of phenolic OH excluding ortho intramolecular Hbond substituents is 1. The standard InChI is InChI=1S/C34H60O5/c1-5-9-12-15-18-21-24-28-29(25-22-19-16-13-10-6-2)31(35)33(39-34(36)37)32(38-27-8-4)30(28)26-23-20-17-14-11-7-3/h35H,5-27H2,1-4H3,(H,36,37). The second-order valence-corrected chi connectivity index (χ2v) is 11.2. The van der Waals surface area contributed by atoms with Crippen molar-refractivity contribution in [2.45, 2.75) is 169 Å². The number of hydrogen-bond acceptors (Lipinski definition) is 4. The summed E-state index contributed by atoms with van der Waals surface area (Å²) in [6.45, 7) is 9.20. The summed E-state index contributed by atoms with van der Waals surface area (Å²) in [7, 11) is 0. The zero-order valence-corrected chi connectivity index (χ0v) is 25.9. The third kappa shape index (κ3) is 14.3. The topological polar surface area (TPSA) is 76.0 Å². The van der Waals surface area contributed by atoms with E-state index < -0.39 is 6.16 Å². The molecule has 0 aliphatic heterocycles. The zero-order valence-electron chi connectivity index (χ0n) is 25.9. The van der Waals surface area contributed by atoms with E-state index in [1.807, 2.05) is 6.92 Å². The molecule has 5 nitrogen and oxygen atoms in total. The molecule has 1 aromatic rings.